The Bertz CT molecular complexity index is 954. The van der Waals surface area contributed by atoms with Crippen LogP contribution in [0.3, 0.4) is 0 Å². The van der Waals surface area contributed by atoms with Crippen LogP contribution in [0.2, 0.25) is 0 Å². The summed E-state index contributed by atoms with van der Waals surface area (Å²) in [4.78, 5) is 24.0. The van der Waals surface area contributed by atoms with E-state index in [1.807, 2.05) is 0 Å². The number of benzene rings is 2. The van der Waals surface area contributed by atoms with Crippen molar-refractivity contribution in [3.8, 4) is 11.5 Å². The molecule has 3 rings (SSSR count). The van der Waals surface area contributed by atoms with Gasteiger partial charge in [0.25, 0.3) is 5.56 Å². The van der Waals surface area contributed by atoms with Crippen molar-refractivity contribution < 1.29 is 19.0 Å². The molecule has 128 valence electrons. The normalized spacial score (nSPS) is 10.4. The predicted molar refractivity (Wildman–Crippen MR) is 88.4 cm³/mol. The van der Waals surface area contributed by atoms with Crippen molar-refractivity contribution in [2.75, 3.05) is 13.7 Å². The summed E-state index contributed by atoms with van der Waals surface area (Å²) < 4.78 is 16.5. The summed E-state index contributed by atoms with van der Waals surface area (Å²) in [5.41, 5.74) is 0.0960. The lowest BCUT2D eigenvalue weighted by Gasteiger charge is -2.10. The number of ether oxygens (including phenoxy) is 3. The minimum atomic E-state index is -0.646. The highest BCUT2D eigenvalue weighted by molar-refractivity contribution is 5.76. The Balaban J connectivity index is 1.61. The van der Waals surface area contributed by atoms with Gasteiger partial charge in [-0.2, -0.15) is 4.68 Å². The Labute approximate surface area is 142 Å². The lowest BCUT2D eigenvalue weighted by atomic mass is 10.2. The molecule has 0 aliphatic heterocycles. The van der Waals surface area contributed by atoms with E-state index in [1.165, 1.54) is 7.11 Å². The summed E-state index contributed by atoms with van der Waals surface area (Å²) in [6.45, 7) is -0.666. The molecule has 0 aliphatic carbocycles. The topological polar surface area (TPSA) is 92.5 Å². The molecule has 0 radical (unpaired) electrons. The van der Waals surface area contributed by atoms with Gasteiger partial charge in [0.05, 0.1) is 12.5 Å². The van der Waals surface area contributed by atoms with Crippen molar-refractivity contribution in [1.82, 2.24) is 15.0 Å². The minimum Gasteiger partial charge on any atom is -0.493 e. The molecule has 1 heterocycles. The second-order valence-electron chi connectivity index (χ2n) is 5.00. The molecule has 3 aromatic rings. The number of hydrogen-bond acceptors (Lipinski definition) is 7. The van der Waals surface area contributed by atoms with Crippen molar-refractivity contribution in [3.63, 3.8) is 0 Å². The van der Waals surface area contributed by atoms with Crippen molar-refractivity contribution >= 4 is 16.9 Å². The molecule has 25 heavy (non-hydrogen) atoms. The van der Waals surface area contributed by atoms with Crippen LogP contribution in [0.5, 0.6) is 11.5 Å². The average Bonchev–Trinajstić information content (AvgIpc) is 2.66. The van der Waals surface area contributed by atoms with E-state index in [1.54, 1.807) is 48.5 Å². The molecule has 0 N–H and O–H groups in total. The summed E-state index contributed by atoms with van der Waals surface area (Å²) in [6, 6.07) is 13.7. The first-order valence-electron chi connectivity index (χ1n) is 7.43. The third kappa shape index (κ3) is 3.74. The summed E-state index contributed by atoms with van der Waals surface area (Å²) in [6.07, 6.45) is 0. The molecule has 0 saturated heterocycles. The van der Waals surface area contributed by atoms with Gasteiger partial charge >= 0.3 is 5.97 Å². The average molecular weight is 341 g/mol. The summed E-state index contributed by atoms with van der Waals surface area (Å²) in [7, 11) is 1.51. The Kier molecular flexibility index (Phi) is 4.89. The highest BCUT2D eigenvalue weighted by atomic mass is 16.6. The Morgan fingerprint density at radius 2 is 1.80 bits per heavy atom. The van der Waals surface area contributed by atoms with Gasteiger partial charge in [0.2, 0.25) is 0 Å². The van der Waals surface area contributed by atoms with Gasteiger partial charge in [0, 0.05) is 0 Å². The van der Waals surface area contributed by atoms with Gasteiger partial charge < -0.3 is 14.2 Å². The zero-order chi connectivity index (χ0) is 17.6. The number of hydrogen-bond donors (Lipinski definition) is 0. The van der Waals surface area contributed by atoms with E-state index in [4.69, 9.17) is 14.2 Å². The maximum Gasteiger partial charge on any atom is 0.345 e. The predicted octanol–water partition coefficient (Wildman–Crippen LogP) is 1.38. The molecule has 8 heteroatoms. The molecule has 0 unspecified atom stereocenters. The van der Waals surface area contributed by atoms with Crippen LogP contribution in [0.1, 0.15) is 0 Å². The van der Waals surface area contributed by atoms with E-state index in [-0.39, 0.29) is 18.9 Å². The van der Waals surface area contributed by atoms with Gasteiger partial charge in [0.15, 0.2) is 24.8 Å². The highest BCUT2D eigenvalue weighted by Gasteiger charge is 2.10. The number of methoxy groups -OCH3 is 1. The molecule has 0 amide bonds. The number of carbonyl (C=O) groups is 1. The van der Waals surface area contributed by atoms with Gasteiger partial charge in [0.1, 0.15) is 5.52 Å². The third-order valence-corrected chi connectivity index (χ3v) is 3.39. The fourth-order valence-electron chi connectivity index (χ4n) is 2.16. The van der Waals surface area contributed by atoms with Crippen LogP contribution < -0.4 is 15.0 Å². The fraction of sp³-hybridized carbons (Fsp3) is 0.176. The fourth-order valence-corrected chi connectivity index (χ4v) is 2.16. The Morgan fingerprint density at radius 3 is 2.60 bits per heavy atom. The molecular weight excluding hydrogens is 326 g/mol. The van der Waals surface area contributed by atoms with Crippen molar-refractivity contribution in [2.24, 2.45) is 0 Å². The van der Waals surface area contributed by atoms with Crippen LogP contribution in [-0.4, -0.2) is 34.7 Å². The smallest absolute Gasteiger partial charge is 0.345 e. The van der Waals surface area contributed by atoms with Crippen LogP contribution in [-0.2, 0) is 16.3 Å². The van der Waals surface area contributed by atoms with Gasteiger partial charge in [-0.3, -0.25) is 4.79 Å². The van der Waals surface area contributed by atoms with Crippen LogP contribution in [0.4, 0.5) is 0 Å². The van der Waals surface area contributed by atoms with E-state index >= 15 is 0 Å². The van der Waals surface area contributed by atoms with E-state index in [0.717, 1.165) is 4.68 Å². The van der Waals surface area contributed by atoms with Crippen molar-refractivity contribution in [2.45, 2.75) is 6.73 Å². The van der Waals surface area contributed by atoms with E-state index in [0.29, 0.717) is 22.4 Å². The third-order valence-electron chi connectivity index (χ3n) is 3.39. The zero-order valence-electron chi connectivity index (χ0n) is 13.4. The quantitative estimate of drug-likeness (QED) is 0.625. The number of nitrogens with zero attached hydrogens (tertiary/aromatic N) is 3. The van der Waals surface area contributed by atoms with Crippen molar-refractivity contribution in [3.05, 3.63) is 58.9 Å². The first-order chi connectivity index (χ1) is 12.2. The standard InChI is InChI=1S/C17H15N3O5/c1-23-14-8-4-5-9-15(14)24-10-16(21)25-11-20-17(22)12-6-2-3-7-13(12)18-19-20/h2-9H,10-11H2,1H3. The summed E-state index contributed by atoms with van der Waals surface area (Å²) >= 11 is 0. The molecule has 1 aromatic heterocycles. The van der Waals surface area contributed by atoms with E-state index in [9.17, 15) is 9.59 Å². The van der Waals surface area contributed by atoms with Crippen LogP contribution in [0.25, 0.3) is 10.9 Å². The second kappa shape index (κ2) is 7.43. The zero-order valence-corrected chi connectivity index (χ0v) is 13.4. The van der Waals surface area contributed by atoms with Crippen LogP contribution in [0, 0.1) is 0 Å². The monoisotopic (exact) mass is 341 g/mol. The number of esters is 1. The van der Waals surface area contributed by atoms with E-state index < -0.39 is 5.97 Å². The van der Waals surface area contributed by atoms with Crippen LogP contribution >= 0.6 is 0 Å². The number of rotatable bonds is 6. The molecule has 0 aliphatic rings. The van der Waals surface area contributed by atoms with Gasteiger partial charge in [-0.25, -0.2) is 4.79 Å². The molecule has 2 aromatic carbocycles. The minimum absolute atomic E-state index is 0.323. The molecule has 0 saturated carbocycles. The Hall–Kier alpha value is -3.42. The van der Waals surface area contributed by atoms with Crippen molar-refractivity contribution in [1.29, 1.82) is 0 Å². The maximum atomic E-state index is 12.2. The Morgan fingerprint density at radius 1 is 1.08 bits per heavy atom. The molecule has 8 nitrogen and oxygen atoms in total. The number of carbonyl (C=O) groups excluding carboxylic acids is 1. The van der Waals surface area contributed by atoms with Gasteiger partial charge in [-0.1, -0.05) is 29.5 Å². The number of aromatic nitrogens is 3. The van der Waals surface area contributed by atoms with E-state index in [2.05, 4.69) is 10.3 Å². The molecule has 0 bridgehead atoms. The first kappa shape index (κ1) is 16.4. The van der Waals surface area contributed by atoms with Gasteiger partial charge in [-0.15, -0.1) is 5.10 Å². The lowest BCUT2D eigenvalue weighted by molar-refractivity contribution is -0.150. The van der Waals surface area contributed by atoms with Crippen LogP contribution in [0.15, 0.2) is 53.3 Å². The molecular formula is C17H15N3O5. The first-order valence-corrected chi connectivity index (χ1v) is 7.43. The summed E-state index contributed by atoms with van der Waals surface area (Å²) in [5.74, 6) is 0.282. The maximum absolute atomic E-state index is 12.2. The largest absolute Gasteiger partial charge is 0.493 e. The number of para-hydroxylation sites is 2. The lowest BCUT2D eigenvalue weighted by Crippen LogP contribution is -2.27. The second-order valence-corrected chi connectivity index (χ2v) is 5.00. The SMILES string of the molecule is COc1ccccc1OCC(=O)OCn1nnc2ccccc2c1=O. The number of fused-ring (bicyclic) bond motifs is 1. The molecule has 0 spiro atoms. The molecule has 0 fully saturated rings. The summed E-state index contributed by atoms with van der Waals surface area (Å²) in [5, 5.41) is 8.05. The molecule has 0 atom stereocenters. The highest BCUT2D eigenvalue weighted by Crippen LogP contribution is 2.25. The van der Waals surface area contributed by atoms with Gasteiger partial charge in [-0.05, 0) is 24.3 Å².